The van der Waals surface area contributed by atoms with E-state index in [1.165, 1.54) is 0 Å². The van der Waals surface area contributed by atoms with Crippen LogP contribution in [0.3, 0.4) is 0 Å². The Morgan fingerprint density at radius 2 is 2.03 bits per heavy atom. The number of thioether (sulfide) groups is 1. The van der Waals surface area contributed by atoms with Gasteiger partial charge in [-0.2, -0.15) is 18.3 Å². The fraction of sp³-hybridized carbons (Fsp3) is 0.182. The van der Waals surface area contributed by atoms with Gasteiger partial charge in [0, 0.05) is 16.8 Å². The maximum absolute atomic E-state index is 13.9. The molecule has 0 amide bonds. The van der Waals surface area contributed by atoms with E-state index >= 15 is 0 Å². The predicted molar refractivity (Wildman–Crippen MR) is 124 cm³/mol. The fourth-order valence-electron chi connectivity index (χ4n) is 3.59. The maximum Gasteiger partial charge on any atom is 0.420 e. The largest absolute Gasteiger partial charge is 0.492 e. The molecule has 0 aliphatic heterocycles. The Kier molecular flexibility index (Phi) is 5.52. The second-order valence-corrected chi connectivity index (χ2v) is 8.11. The van der Waals surface area contributed by atoms with Gasteiger partial charge >= 0.3 is 6.18 Å². The van der Waals surface area contributed by atoms with Crippen LogP contribution >= 0.6 is 11.8 Å². The van der Waals surface area contributed by atoms with Gasteiger partial charge in [0.15, 0.2) is 5.65 Å². The highest BCUT2D eigenvalue weighted by molar-refractivity contribution is 7.98. The molecule has 4 aromatic heterocycles. The van der Waals surface area contributed by atoms with E-state index in [0.29, 0.717) is 34.6 Å². The number of nitrogens with zero attached hydrogens (tertiary/aromatic N) is 5. The van der Waals surface area contributed by atoms with Crippen LogP contribution in [0.1, 0.15) is 12.5 Å². The third-order valence-electron chi connectivity index (χ3n) is 5.07. The summed E-state index contributed by atoms with van der Waals surface area (Å²) >= 11 is 1.55. The van der Waals surface area contributed by atoms with Gasteiger partial charge in [0.05, 0.1) is 23.7 Å². The van der Waals surface area contributed by atoms with Crippen molar-refractivity contribution >= 4 is 39.9 Å². The fourth-order valence-corrected chi connectivity index (χ4v) is 4.05. The van der Waals surface area contributed by atoms with Crippen LogP contribution in [-0.2, 0) is 6.18 Å². The topological polar surface area (TPSA) is 93.0 Å². The molecule has 12 heteroatoms. The number of H-pyrrole nitrogens is 1. The van der Waals surface area contributed by atoms with Gasteiger partial charge in [-0.15, -0.1) is 16.9 Å². The molecule has 5 aromatic rings. The van der Waals surface area contributed by atoms with E-state index in [1.807, 2.05) is 31.4 Å². The van der Waals surface area contributed by atoms with Gasteiger partial charge in [0.1, 0.15) is 22.7 Å². The van der Waals surface area contributed by atoms with Crippen molar-refractivity contribution in [3.05, 3.63) is 54.4 Å². The Morgan fingerprint density at radius 1 is 1.18 bits per heavy atom. The highest BCUT2D eigenvalue weighted by Gasteiger charge is 2.37. The lowest BCUT2D eigenvalue weighted by Crippen LogP contribution is -2.11. The number of rotatable bonds is 6. The molecule has 8 nitrogen and oxygen atoms in total. The number of anilines is 2. The summed E-state index contributed by atoms with van der Waals surface area (Å²) in [6.07, 6.45) is -0.319. The summed E-state index contributed by atoms with van der Waals surface area (Å²) in [5, 5.41) is 14.6. The SMILES string of the molecule is CCOc1ccc2c3c(-c4nc(Nc5cccc(SC)c5)ncc4C(F)(F)F)n[nH]c3nn2c1. The Bertz CT molecular complexity index is 1500. The van der Waals surface area contributed by atoms with Crippen LogP contribution in [0.2, 0.25) is 0 Å². The smallest absolute Gasteiger partial charge is 0.420 e. The Morgan fingerprint density at radius 3 is 2.79 bits per heavy atom. The van der Waals surface area contributed by atoms with Crippen molar-refractivity contribution in [2.45, 2.75) is 18.0 Å². The summed E-state index contributed by atoms with van der Waals surface area (Å²) in [4.78, 5) is 9.12. The second kappa shape index (κ2) is 8.52. The molecule has 174 valence electrons. The van der Waals surface area contributed by atoms with E-state index in [4.69, 9.17) is 4.74 Å². The average molecular weight is 485 g/mol. The van der Waals surface area contributed by atoms with E-state index < -0.39 is 11.7 Å². The van der Waals surface area contributed by atoms with Crippen molar-refractivity contribution in [3.8, 4) is 17.1 Å². The van der Waals surface area contributed by atoms with E-state index in [-0.39, 0.29) is 17.3 Å². The molecule has 0 radical (unpaired) electrons. The zero-order chi connectivity index (χ0) is 23.9. The Balaban J connectivity index is 1.65. The summed E-state index contributed by atoms with van der Waals surface area (Å²) in [6.45, 7) is 2.33. The summed E-state index contributed by atoms with van der Waals surface area (Å²) in [5.74, 6) is 0.610. The average Bonchev–Trinajstić information content (AvgIpc) is 3.37. The van der Waals surface area contributed by atoms with Gasteiger partial charge in [-0.25, -0.2) is 14.5 Å². The molecule has 2 N–H and O–H groups in total. The number of nitrogens with one attached hydrogen (secondary N) is 2. The number of aromatic amines is 1. The van der Waals surface area contributed by atoms with Crippen LogP contribution in [0.15, 0.2) is 53.7 Å². The van der Waals surface area contributed by atoms with Gasteiger partial charge in [-0.05, 0) is 43.5 Å². The van der Waals surface area contributed by atoms with E-state index in [0.717, 1.165) is 11.1 Å². The molecule has 0 atom stereocenters. The lowest BCUT2D eigenvalue weighted by Gasteiger charge is -2.13. The number of hydrogen-bond acceptors (Lipinski definition) is 7. The maximum atomic E-state index is 13.9. The standard InChI is InChI=1S/C22H18F3N7OS/c1-3-33-13-7-8-16-17-19(29-30-20(17)31-32(16)11-13)18-15(22(23,24)25)10-26-21(28-18)27-12-5-4-6-14(9-12)34-2/h4-11H,3H2,1-2H3,(H,30,31)(H,26,27,28). The van der Waals surface area contributed by atoms with Crippen molar-refractivity contribution in [3.63, 3.8) is 0 Å². The van der Waals surface area contributed by atoms with Gasteiger partial charge < -0.3 is 10.1 Å². The van der Waals surface area contributed by atoms with Crippen molar-refractivity contribution in [2.75, 3.05) is 18.2 Å². The Labute approximate surface area is 195 Å². The normalized spacial score (nSPS) is 11.9. The van der Waals surface area contributed by atoms with Gasteiger partial charge in [0.2, 0.25) is 5.95 Å². The second-order valence-electron chi connectivity index (χ2n) is 7.23. The van der Waals surface area contributed by atoms with Gasteiger partial charge in [0.25, 0.3) is 0 Å². The lowest BCUT2D eigenvalue weighted by molar-refractivity contribution is -0.137. The van der Waals surface area contributed by atoms with Crippen LogP contribution in [0.4, 0.5) is 24.8 Å². The molecule has 0 fully saturated rings. The number of alkyl halides is 3. The number of hydrogen-bond donors (Lipinski definition) is 2. The zero-order valence-electron chi connectivity index (χ0n) is 18.0. The molecule has 0 saturated carbocycles. The van der Waals surface area contributed by atoms with Crippen molar-refractivity contribution in [1.29, 1.82) is 0 Å². The molecule has 34 heavy (non-hydrogen) atoms. The third-order valence-corrected chi connectivity index (χ3v) is 5.79. The number of aromatic nitrogens is 6. The molecule has 0 unspecified atom stereocenters. The highest BCUT2D eigenvalue weighted by atomic mass is 32.2. The highest BCUT2D eigenvalue weighted by Crippen LogP contribution is 2.39. The summed E-state index contributed by atoms with van der Waals surface area (Å²) in [7, 11) is 0. The first-order chi connectivity index (χ1) is 16.4. The number of halogens is 3. The van der Waals surface area contributed by atoms with Crippen molar-refractivity contribution < 1.29 is 17.9 Å². The van der Waals surface area contributed by atoms with Crippen LogP contribution in [0, 0.1) is 0 Å². The minimum atomic E-state index is -4.68. The summed E-state index contributed by atoms with van der Waals surface area (Å²) < 4.78 is 48.7. The van der Waals surface area contributed by atoms with Crippen LogP contribution in [0.5, 0.6) is 5.75 Å². The molecule has 0 saturated heterocycles. The van der Waals surface area contributed by atoms with Crippen molar-refractivity contribution in [2.24, 2.45) is 0 Å². The van der Waals surface area contributed by atoms with Gasteiger partial charge in [-0.3, -0.25) is 5.10 Å². The monoisotopic (exact) mass is 485 g/mol. The molecule has 1 aromatic carbocycles. The molecule has 0 spiro atoms. The first kappa shape index (κ1) is 22.0. The lowest BCUT2D eigenvalue weighted by atomic mass is 10.1. The molecule has 0 aliphatic carbocycles. The first-order valence-corrected chi connectivity index (χ1v) is 11.4. The van der Waals surface area contributed by atoms with Crippen molar-refractivity contribution in [1.82, 2.24) is 29.8 Å². The summed E-state index contributed by atoms with van der Waals surface area (Å²) in [6, 6.07) is 10.9. The molecule has 0 bridgehead atoms. The molecular formula is C22H18F3N7OS. The number of pyridine rings is 1. The Hall–Kier alpha value is -3.80. The quantitative estimate of drug-likeness (QED) is 0.305. The zero-order valence-corrected chi connectivity index (χ0v) is 18.8. The third kappa shape index (κ3) is 4.00. The number of benzene rings is 1. The molecular weight excluding hydrogens is 467 g/mol. The van der Waals surface area contributed by atoms with Crippen LogP contribution in [0.25, 0.3) is 27.9 Å². The van der Waals surface area contributed by atoms with Gasteiger partial charge in [-0.1, -0.05) is 6.07 Å². The number of fused-ring (bicyclic) bond motifs is 3. The van der Waals surface area contributed by atoms with E-state index in [2.05, 4.69) is 30.6 Å². The first-order valence-electron chi connectivity index (χ1n) is 10.2. The minimum Gasteiger partial charge on any atom is -0.492 e. The molecule has 4 heterocycles. The number of ether oxygens (including phenoxy) is 1. The molecule has 0 aliphatic rings. The van der Waals surface area contributed by atoms with E-state index in [1.54, 1.807) is 40.7 Å². The van der Waals surface area contributed by atoms with Crippen LogP contribution < -0.4 is 10.1 Å². The van der Waals surface area contributed by atoms with E-state index in [9.17, 15) is 13.2 Å². The molecule has 5 rings (SSSR count). The predicted octanol–water partition coefficient (Wildman–Crippen LogP) is 5.55. The van der Waals surface area contributed by atoms with Crippen LogP contribution in [-0.4, -0.2) is 42.6 Å². The summed E-state index contributed by atoms with van der Waals surface area (Å²) in [5.41, 5.74) is 0.248. The minimum absolute atomic E-state index is 0.0208.